The number of amides is 1. The Balaban J connectivity index is 2.04. The molecule has 1 fully saturated rings. The van der Waals surface area contributed by atoms with Crippen molar-refractivity contribution in [3.63, 3.8) is 0 Å². The average molecular weight is 258 g/mol. The van der Waals surface area contributed by atoms with E-state index in [4.69, 9.17) is 0 Å². The molecular formula is C11H18N2OS2. The van der Waals surface area contributed by atoms with E-state index in [9.17, 15) is 4.79 Å². The molecule has 0 spiro atoms. The van der Waals surface area contributed by atoms with Crippen LogP contribution in [0.15, 0.2) is 4.99 Å². The van der Waals surface area contributed by atoms with E-state index >= 15 is 0 Å². The van der Waals surface area contributed by atoms with Gasteiger partial charge in [-0.05, 0) is 6.42 Å². The van der Waals surface area contributed by atoms with Crippen molar-refractivity contribution in [2.75, 3.05) is 11.5 Å². The SMILES string of the molecule is CCCC1N=C(C2SCCSC2C)NC1=O. The van der Waals surface area contributed by atoms with Gasteiger partial charge >= 0.3 is 0 Å². The van der Waals surface area contributed by atoms with Crippen LogP contribution in [-0.4, -0.2) is 39.8 Å². The smallest absolute Gasteiger partial charge is 0.250 e. The standard InChI is InChI=1S/C11H18N2OS2/c1-3-4-8-11(14)13-10(12-8)9-7(2)15-5-6-16-9/h7-9H,3-6H2,1-2H3,(H,12,13,14). The molecule has 3 unspecified atom stereocenters. The van der Waals surface area contributed by atoms with Crippen LogP contribution < -0.4 is 5.32 Å². The second kappa shape index (κ2) is 5.45. The molecule has 3 nitrogen and oxygen atoms in total. The molecule has 5 heteroatoms. The van der Waals surface area contributed by atoms with Crippen molar-refractivity contribution in [2.45, 2.75) is 43.2 Å². The topological polar surface area (TPSA) is 41.5 Å². The maximum atomic E-state index is 11.7. The Bertz CT molecular complexity index is 306. The number of aliphatic imine (C=N–C) groups is 1. The number of amidine groups is 1. The van der Waals surface area contributed by atoms with Crippen molar-refractivity contribution < 1.29 is 4.79 Å². The van der Waals surface area contributed by atoms with E-state index in [2.05, 4.69) is 24.2 Å². The molecule has 0 saturated carbocycles. The summed E-state index contributed by atoms with van der Waals surface area (Å²) >= 11 is 3.90. The molecule has 0 aliphatic carbocycles. The third-order valence-electron chi connectivity index (χ3n) is 2.87. The quantitative estimate of drug-likeness (QED) is 0.841. The van der Waals surface area contributed by atoms with E-state index in [1.807, 2.05) is 23.5 Å². The van der Waals surface area contributed by atoms with Crippen molar-refractivity contribution in [3.05, 3.63) is 0 Å². The Labute approximate surface area is 105 Å². The number of carbonyl (C=O) groups is 1. The summed E-state index contributed by atoms with van der Waals surface area (Å²) in [6, 6.07) is -0.125. The first-order valence-electron chi connectivity index (χ1n) is 5.84. The van der Waals surface area contributed by atoms with Gasteiger partial charge in [-0.15, -0.1) is 11.8 Å². The number of nitrogens with zero attached hydrogens (tertiary/aromatic N) is 1. The van der Waals surface area contributed by atoms with E-state index in [-0.39, 0.29) is 11.9 Å². The largest absolute Gasteiger partial charge is 0.312 e. The summed E-state index contributed by atoms with van der Waals surface area (Å²) in [6.45, 7) is 4.32. The number of nitrogens with one attached hydrogen (secondary N) is 1. The average Bonchev–Trinajstić information content (AvgIpc) is 2.61. The lowest BCUT2D eigenvalue weighted by molar-refractivity contribution is -0.120. The summed E-state index contributed by atoms with van der Waals surface area (Å²) in [5.74, 6) is 3.39. The maximum absolute atomic E-state index is 11.7. The van der Waals surface area contributed by atoms with Gasteiger partial charge in [0.05, 0.1) is 5.25 Å². The van der Waals surface area contributed by atoms with Gasteiger partial charge in [0.2, 0.25) is 5.91 Å². The molecule has 1 saturated heterocycles. The van der Waals surface area contributed by atoms with Crippen LogP contribution in [0.1, 0.15) is 26.7 Å². The van der Waals surface area contributed by atoms with E-state index in [0.717, 1.165) is 24.4 Å². The van der Waals surface area contributed by atoms with Gasteiger partial charge in [0.15, 0.2) is 0 Å². The lowest BCUT2D eigenvalue weighted by Gasteiger charge is -2.27. The fraction of sp³-hybridized carbons (Fsp3) is 0.818. The van der Waals surface area contributed by atoms with Gasteiger partial charge in [0, 0.05) is 16.8 Å². The Morgan fingerprint density at radius 3 is 2.88 bits per heavy atom. The van der Waals surface area contributed by atoms with Crippen LogP contribution in [0.3, 0.4) is 0 Å². The highest BCUT2D eigenvalue weighted by atomic mass is 32.2. The number of hydrogen-bond acceptors (Lipinski definition) is 4. The lowest BCUT2D eigenvalue weighted by atomic mass is 10.2. The Morgan fingerprint density at radius 1 is 1.44 bits per heavy atom. The third kappa shape index (κ3) is 2.56. The summed E-state index contributed by atoms with van der Waals surface area (Å²) < 4.78 is 0. The maximum Gasteiger partial charge on any atom is 0.250 e. The van der Waals surface area contributed by atoms with Crippen LogP contribution in [0, 0.1) is 0 Å². The molecule has 1 N–H and O–H groups in total. The van der Waals surface area contributed by atoms with E-state index in [1.54, 1.807) is 0 Å². The zero-order valence-corrected chi connectivity index (χ0v) is 11.4. The molecule has 2 aliphatic rings. The molecule has 2 heterocycles. The van der Waals surface area contributed by atoms with Gasteiger partial charge < -0.3 is 5.32 Å². The fourth-order valence-corrected chi connectivity index (χ4v) is 4.73. The molecule has 90 valence electrons. The molecule has 2 rings (SSSR count). The van der Waals surface area contributed by atoms with Gasteiger partial charge in [-0.25, -0.2) is 0 Å². The number of carbonyl (C=O) groups excluding carboxylic acids is 1. The molecule has 1 amide bonds. The minimum atomic E-state index is -0.125. The summed E-state index contributed by atoms with van der Waals surface area (Å²) in [5, 5.41) is 3.90. The zero-order chi connectivity index (χ0) is 11.5. The van der Waals surface area contributed by atoms with Crippen molar-refractivity contribution in [1.29, 1.82) is 0 Å². The molecule has 3 atom stereocenters. The Kier molecular flexibility index (Phi) is 4.19. The fourth-order valence-electron chi connectivity index (χ4n) is 2.02. The molecule has 0 bridgehead atoms. The summed E-state index contributed by atoms with van der Waals surface area (Å²) in [5.41, 5.74) is 0. The van der Waals surface area contributed by atoms with Gasteiger partial charge in [0.25, 0.3) is 0 Å². The number of hydrogen-bond donors (Lipinski definition) is 1. The summed E-state index contributed by atoms with van der Waals surface area (Å²) in [4.78, 5) is 16.2. The molecular weight excluding hydrogens is 240 g/mol. The summed E-state index contributed by atoms with van der Waals surface area (Å²) in [7, 11) is 0. The van der Waals surface area contributed by atoms with Crippen molar-refractivity contribution in [1.82, 2.24) is 5.32 Å². The minimum absolute atomic E-state index is 0.0974. The van der Waals surface area contributed by atoms with Crippen molar-refractivity contribution in [2.24, 2.45) is 4.99 Å². The zero-order valence-electron chi connectivity index (χ0n) is 9.73. The highest BCUT2D eigenvalue weighted by molar-refractivity contribution is 8.07. The molecule has 16 heavy (non-hydrogen) atoms. The Morgan fingerprint density at radius 2 is 2.19 bits per heavy atom. The van der Waals surface area contributed by atoms with Crippen molar-refractivity contribution >= 4 is 35.3 Å². The molecule has 0 aromatic heterocycles. The van der Waals surface area contributed by atoms with Crippen LogP contribution in [0.4, 0.5) is 0 Å². The second-order valence-electron chi connectivity index (χ2n) is 4.18. The number of thioether (sulfide) groups is 2. The van der Waals surface area contributed by atoms with Gasteiger partial charge in [-0.1, -0.05) is 20.3 Å². The van der Waals surface area contributed by atoms with Crippen LogP contribution in [0.5, 0.6) is 0 Å². The minimum Gasteiger partial charge on any atom is -0.312 e. The van der Waals surface area contributed by atoms with Crippen LogP contribution in [0.25, 0.3) is 0 Å². The predicted octanol–water partition coefficient (Wildman–Crippen LogP) is 1.92. The first kappa shape index (κ1) is 12.3. The van der Waals surface area contributed by atoms with Gasteiger partial charge in [0.1, 0.15) is 11.9 Å². The van der Waals surface area contributed by atoms with E-state index in [1.165, 1.54) is 5.75 Å². The van der Waals surface area contributed by atoms with Crippen LogP contribution in [0.2, 0.25) is 0 Å². The molecule has 0 aromatic rings. The monoisotopic (exact) mass is 258 g/mol. The summed E-state index contributed by atoms with van der Waals surface area (Å²) in [6.07, 6.45) is 1.88. The van der Waals surface area contributed by atoms with Gasteiger partial charge in [-0.3, -0.25) is 9.79 Å². The molecule has 2 aliphatic heterocycles. The van der Waals surface area contributed by atoms with E-state index < -0.39 is 0 Å². The molecule has 0 aromatic carbocycles. The number of rotatable bonds is 3. The highest BCUT2D eigenvalue weighted by Crippen LogP contribution is 2.32. The second-order valence-corrected chi connectivity index (χ2v) is 6.91. The Hall–Kier alpha value is -0.160. The molecule has 0 radical (unpaired) electrons. The van der Waals surface area contributed by atoms with E-state index in [0.29, 0.717) is 10.5 Å². The normalized spacial score (nSPS) is 34.8. The van der Waals surface area contributed by atoms with Crippen molar-refractivity contribution in [3.8, 4) is 0 Å². The van der Waals surface area contributed by atoms with Crippen LogP contribution >= 0.6 is 23.5 Å². The first-order chi connectivity index (χ1) is 7.72. The third-order valence-corrected chi connectivity index (χ3v) is 5.97. The predicted molar refractivity (Wildman–Crippen MR) is 72.4 cm³/mol. The van der Waals surface area contributed by atoms with Crippen LogP contribution in [-0.2, 0) is 4.79 Å². The van der Waals surface area contributed by atoms with Gasteiger partial charge in [-0.2, -0.15) is 11.8 Å². The first-order valence-corrected chi connectivity index (χ1v) is 7.94. The lowest BCUT2D eigenvalue weighted by Crippen LogP contribution is -2.40. The highest BCUT2D eigenvalue weighted by Gasteiger charge is 2.34.